The van der Waals surface area contributed by atoms with E-state index in [9.17, 15) is 5.11 Å². The molecule has 70 valence electrons. The molecule has 0 aliphatic heterocycles. The van der Waals surface area contributed by atoms with Crippen molar-refractivity contribution in [2.75, 3.05) is 0 Å². The quantitative estimate of drug-likeness (QED) is 0.702. The Morgan fingerprint density at radius 3 is 2.46 bits per heavy atom. The van der Waals surface area contributed by atoms with E-state index in [-0.39, 0.29) is 6.10 Å². The topological polar surface area (TPSA) is 20.2 Å². The lowest BCUT2D eigenvalue weighted by Crippen LogP contribution is -1.94. The summed E-state index contributed by atoms with van der Waals surface area (Å²) in [6.45, 7) is 4.08. The van der Waals surface area contributed by atoms with E-state index in [0.717, 1.165) is 5.56 Å². The van der Waals surface area contributed by atoms with Crippen molar-refractivity contribution in [1.82, 2.24) is 0 Å². The molecule has 1 N–H and O–H groups in total. The third-order valence-corrected chi connectivity index (χ3v) is 1.93. The Bertz CT molecular complexity index is 270. The molecule has 1 aromatic carbocycles. The lowest BCUT2D eigenvalue weighted by atomic mass is 10.1. The van der Waals surface area contributed by atoms with Gasteiger partial charge in [-0.3, -0.25) is 0 Å². The van der Waals surface area contributed by atoms with Crippen LogP contribution in [0.1, 0.15) is 31.9 Å². The van der Waals surface area contributed by atoms with Crippen molar-refractivity contribution in [3.63, 3.8) is 0 Å². The molecule has 0 radical (unpaired) electrons. The third-order valence-electron chi connectivity index (χ3n) is 1.93. The molecule has 1 heteroatoms. The Hall–Kier alpha value is -1.08. The highest BCUT2D eigenvalue weighted by Gasteiger charge is 2.03. The van der Waals surface area contributed by atoms with Crippen molar-refractivity contribution in [2.24, 2.45) is 0 Å². The molecule has 1 nitrogen and oxygen atoms in total. The van der Waals surface area contributed by atoms with Crippen LogP contribution in [0.3, 0.4) is 0 Å². The summed E-state index contributed by atoms with van der Waals surface area (Å²) >= 11 is 0. The molecule has 1 unspecified atom stereocenters. The number of hydrogen-bond acceptors (Lipinski definition) is 1. The molecule has 1 rings (SSSR count). The van der Waals surface area contributed by atoms with E-state index in [1.54, 1.807) is 0 Å². The van der Waals surface area contributed by atoms with Gasteiger partial charge in [0.25, 0.3) is 0 Å². The first-order chi connectivity index (χ1) is 6.20. The smallest absolute Gasteiger partial charge is 0.0824 e. The summed E-state index contributed by atoms with van der Waals surface area (Å²) in [6, 6.07) is 9.74. The predicted molar refractivity (Wildman–Crippen MR) is 55.4 cm³/mol. The molecule has 0 aromatic heterocycles. The van der Waals surface area contributed by atoms with Gasteiger partial charge in [-0.05, 0) is 25.8 Å². The highest BCUT2D eigenvalue weighted by atomic mass is 16.3. The summed E-state index contributed by atoms with van der Waals surface area (Å²) in [5.41, 5.74) is 2.23. The van der Waals surface area contributed by atoms with E-state index in [2.05, 4.69) is 6.08 Å². The van der Waals surface area contributed by atoms with Crippen molar-refractivity contribution < 1.29 is 5.11 Å². The number of allylic oxidation sites excluding steroid dienone is 1. The zero-order valence-corrected chi connectivity index (χ0v) is 8.20. The maximum Gasteiger partial charge on any atom is 0.0824 e. The summed E-state index contributed by atoms with van der Waals surface area (Å²) in [4.78, 5) is 0. The third kappa shape index (κ3) is 3.43. The van der Waals surface area contributed by atoms with Gasteiger partial charge >= 0.3 is 0 Å². The predicted octanol–water partition coefficient (Wildman–Crippen LogP) is 3.08. The van der Waals surface area contributed by atoms with Crippen LogP contribution in [0.25, 0.3) is 0 Å². The Morgan fingerprint density at radius 1 is 1.31 bits per heavy atom. The van der Waals surface area contributed by atoms with E-state index >= 15 is 0 Å². The van der Waals surface area contributed by atoms with Crippen LogP contribution in [0.2, 0.25) is 0 Å². The number of aliphatic hydroxyl groups excluding tert-OH is 1. The van der Waals surface area contributed by atoms with E-state index in [4.69, 9.17) is 0 Å². The van der Waals surface area contributed by atoms with Gasteiger partial charge in [0.1, 0.15) is 0 Å². The number of hydrogen-bond donors (Lipinski definition) is 1. The minimum atomic E-state index is -0.365. The second-order valence-corrected chi connectivity index (χ2v) is 3.44. The first-order valence-electron chi connectivity index (χ1n) is 4.56. The van der Waals surface area contributed by atoms with Gasteiger partial charge in [0.15, 0.2) is 0 Å². The average Bonchev–Trinajstić information content (AvgIpc) is 2.15. The Kier molecular flexibility index (Phi) is 3.71. The van der Waals surface area contributed by atoms with Gasteiger partial charge in [-0.15, -0.1) is 0 Å². The number of aliphatic hydroxyl groups is 1. The van der Waals surface area contributed by atoms with Crippen molar-refractivity contribution >= 4 is 0 Å². The molecule has 0 bridgehead atoms. The molecule has 1 atom stereocenters. The van der Waals surface area contributed by atoms with E-state index in [0.29, 0.717) is 6.42 Å². The van der Waals surface area contributed by atoms with Gasteiger partial charge in [0.2, 0.25) is 0 Å². The van der Waals surface area contributed by atoms with Gasteiger partial charge in [-0.25, -0.2) is 0 Å². The molecule has 0 saturated carbocycles. The highest BCUT2D eigenvalue weighted by Crippen LogP contribution is 2.16. The molecule has 0 spiro atoms. The minimum absolute atomic E-state index is 0.365. The summed E-state index contributed by atoms with van der Waals surface area (Å²) in [7, 11) is 0. The van der Waals surface area contributed by atoms with Gasteiger partial charge in [-0.2, -0.15) is 0 Å². The number of benzene rings is 1. The fraction of sp³-hybridized carbons (Fsp3) is 0.333. The molecule has 0 saturated heterocycles. The molecular weight excluding hydrogens is 160 g/mol. The maximum absolute atomic E-state index is 9.72. The van der Waals surface area contributed by atoms with Crippen LogP contribution in [0, 0.1) is 0 Å². The standard InChI is InChI=1S/C12H16O/c1-10(2)8-9-12(13)11-6-4-3-5-7-11/h3-8,12-13H,9H2,1-2H3. The number of rotatable bonds is 3. The second-order valence-electron chi connectivity index (χ2n) is 3.44. The molecular formula is C12H16O. The van der Waals surface area contributed by atoms with Crippen LogP contribution in [-0.2, 0) is 0 Å². The summed E-state index contributed by atoms with van der Waals surface area (Å²) in [6.07, 6.45) is 2.39. The Morgan fingerprint density at radius 2 is 1.92 bits per heavy atom. The molecule has 13 heavy (non-hydrogen) atoms. The van der Waals surface area contributed by atoms with Gasteiger partial charge in [0, 0.05) is 0 Å². The minimum Gasteiger partial charge on any atom is -0.388 e. The van der Waals surface area contributed by atoms with Crippen molar-refractivity contribution in [3.8, 4) is 0 Å². The monoisotopic (exact) mass is 176 g/mol. The first kappa shape index (κ1) is 10.0. The van der Waals surface area contributed by atoms with Crippen LogP contribution < -0.4 is 0 Å². The summed E-state index contributed by atoms with van der Waals surface area (Å²) in [5, 5.41) is 9.72. The van der Waals surface area contributed by atoms with Crippen LogP contribution >= 0.6 is 0 Å². The van der Waals surface area contributed by atoms with Crippen molar-refractivity contribution in [2.45, 2.75) is 26.4 Å². The zero-order valence-electron chi connectivity index (χ0n) is 8.20. The van der Waals surface area contributed by atoms with Crippen LogP contribution in [0.4, 0.5) is 0 Å². The Labute approximate surface area is 79.7 Å². The van der Waals surface area contributed by atoms with Gasteiger partial charge < -0.3 is 5.11 Å². The lowest BCUT2D eigenvalue weighted by Gasteiger charge is -2.07. The molecule has 0 fully saturated rings. The molecule has 0 aliphatic carbocycles. The fourth-order valence-corrected chi connectivity index (χ4v) is 1.16. The second kappa shape index (κ2) is 4.83. The van der Waals surface area contributed by atoms with E-state index in [1.165, 1.54) is 5.57 Å². The summed E-state index contributed by atoms with van der Waals surface area (Å²) < 4.78 is 0. The fourth-order valence-electron chi connectivity index (χ4n) is 1.16. The van der Waals surface area contributed by atoms with Gasteiger partial charge in [0.05, 0.1) is 6.10 Å². The van der Waals surface area contributed by atoms with E-state index < -0.39 is 0 Å². The maximum atomic E-state index is 9.72. The molecule has 0 heterocycles. The average molecular weight is 176 g/mol. The SMILES string of the molecule is CC(C)=CCC(O)c1ccccc1. The van der Waals surface area contributed by atoms with Gasteiger partial charge in [-0.1, -0.05) is 42.0 Å². The Balaban J connectivity index is 2.59. The first-order valence-corrected chi connectivity index (χ1v) is 4.56. The zero-order chi connectivity index (χ0) is 9.68. The van der Waals surface area contributed by atoms with Crippen LogP contribution in [0.15, 0.2) is 42.0 Å². The molecule has 0 aliphatic rings. The normalized spacial score (nSPS) is 12.2. The van der Waals surface area contributed by atoms with Crippen molar-refractivity contribution in [1.29, 1.82) is 0 Å². The lowest BCUT2D eigenvalue weighted by molar-refractivity contribution is 0.181. The molecule has 1 aromatic rings. The largest absolute Gasteiger partial charge is 0.388 e. The molecule has 0 amide bonds. The van der Waals surface area contributed by atoms with Crippen LogP contribution in [-0.4, -0.2) is 5.11 Å². The highest BCUT2D eigenvalue weighted by molar-refractivity contribution is 5.18. The summed E-state index contributed by atoms with van der Waals surface area (Å²) in [5.74, 6) is 0. The van der Waals surface area contributed by atoms with Crippen LogP contribution in [0.5, 0.6) is 0 Å². The van der Waals surface area contributed by atoms with E-state index in [1.807, 2.05) is 44.2 Å². The van der Waals surface area contributed by atoms with Crippen molar-refractivity contribution in [3.05, 3.63) is 47.5 Å².